The van der Waals surface area contributed by atoms with Crippen molar-refractivity contribution >= 4 is 5.91 Å². The van der Waals surface area contributed by atoms with Gasteiger partial charge in [-0.2, -0.15) is 26.3 Å². The number of amides is 1. The lowest BCUT2D eigenvalue weighted by Gasteiger charge is -2.45. The number of likely N-dealkylation sites (tertiary alicyclic amines) is 1. The second-order valence-corrected chi connectivity index (χ2v) is 12.1. The van der Waals surface area contributed by atoms with Gasteiger partial charge in [-0.3, -0.25) is 9.69 Å². The van der Waals surface area contributed by atoms with E-state index in [1.165, 1.54) is 19.1 Å². The number of nitrogens with two attached hydrogens (primary N) is 1. The summed E-state index contributed by atoms with van der Waals surface area (Å²) in [4.78, 5) is 17.4. The minimum absolute atomic E-state index is 0.0493. The van der Waals surface area contributed by atoms with E-state index in [0.717, 1.165) is 25.9 Å². The molecule has 2 aromatic rings. The van der Waals surface area contributed by atoms with Gasteiger partial charge in [-0.25, -0.2) is 4.39 Å². The molecule has 3 aliphatic rings. The van der Waals surface area contributed by atoms with Gasteiger partial charge in [0, 0.05) is 49.6 Å². The second-order valence-electron chi connectivity index (χ2n) is 12.1. The van der Waals surface area contributed by atoms with Gasteiger partial charge in [-0.1, -0.05) is 12.1 Å². The summed E-state index contributed by atoms with van der Waals surface area (Å²) in [5.41, 5.74) is 3.59. The van der Waals surface area contributed by atoms with E-state index in [1.807, 2.05) is 6.92 Å². The molecule has 2 aromatic carbocycles. The molecule has 0 radical (unpaired) electrons. The summed E-state index contributed by atoms with van der Waals surface area (Å²) in [7, 11) is 0. The van der Waals surface area contributed by atoms with Crippen LogP contribution in [0.2, 0.25) is 0 Å². The van der Waals surface area contributed by atoms with Crippen LogP contribution >= 0.6 is 0 Å². The number of alkyl halides is 6. The van der Waals surface area contributed by atoms with E-state index in [0.29, 0.717) is 30.5 Å². The molecule has 3 heterocycles. The van der Waals surface area contributed by atoms with Crippen LogP contribution in [0.1, 0.15) is 73.8 Å². The van der Waals surface area contributed by atoms with Crippen LogP contribution in [-0.4, -0.2) is 59.1 Å². The van der Waals surface area contributed by atoms with E-state index in [9.17, 15) is 35.5 Å². The first-order valence-corrected chi connectivity index (χ1v) is 14.0. The van der Waals surface area contributed by atoms with E-state index in [-0.39, 0.29) is 41.7 Å². The number of ether oxygens (including phenoxy) is 1. The molecule has 0 aliphatic carbocycles. The van der Waals surface area contributed by atoms with E-state index in [4.69, 9.17) is 10.5 Å². The number of rotatable bonds is 5. The third-order valence-electron chi connectivity index (χ3n) is 9.01. The summed E-state index contributed by atoms with van der Waals surface area (Å²) in [6, 6.07) is 6.78. The average molecular weight is 602 g/mol. The predicted molar refractivity (Wildman–Crippen MR) is 141 cm³/mol. The minimum atomic E-state index is -4.99. The van der Waals surface area contributed by atoms with Crippen molar-refractivity contribution in [3.05, 3.63) is 70.5 Å². The van der Waals surface area contributed by atoms with Crippen molar-refractivity contribution in [1.82, 2.24) is 9.80 Å². The molecule has 0 aromatic heterocycles. The van der Waals surface area contributed by atoms with Crippen molar-refractivity contribution < 1.29 is 40.3 Å². The Balaban J connectivity index is 1.44. The van der Waals surface area contributed by atoms with Crippen LogP contribution in [0.4, 0.5) is 30.7 Å². The molecule has 2 N–H and O–H groups in total. The van der Waals surface area contributed by atoms with Crippen LogP contribution in [0.5, 0.6) is 0 Å². The zero-order chi connectivity index (χ0) is 30.6. The van der Waals surface area contributed by atoms with Gasteiger partial charge in [0.25, 0.3) is 0 Å². The number of carbonyl (C=O) groups is 1. The Labute approximate surface area is 239 Å². The molecule has 1 amide bonds. The number of hydrogen-bond acceptors (Lipinski definition) is 4. The first-order chi connectivity index (χ1) is 19.5. The van der Waals surface area contributed by atoms with Crippen molar-refractivity contribution in [2.45, 2.75) is 87.6 Å². The highest BCUT2D eigenvalue weighted by Crippen LogP contribution is 2.45. The lowest BCUT2D eigenvalue weighted by atomic mass is 9.82. The van der Waals surface area contributed by atoms with E-state index < -0.39 is 47.4 Å². The molecule has 3 fully saturated rings. The molecular weight excluding hydrogens is 567 g/mol. The lowest BCUT2D eigenvalue weighted by Crippen LogP contribution is -2.56. The molecule has 5 nitrogen and oxygen atoms in total. The minimum Gasteiger partial charge on any atom is -0.368 e. The summed E-state index contributed by atoms with van der Waals surface area (Å²) in [6.07, 6.45) is -9.41. The highest BCUT2D eigenvalue weighted by atomic mass is 19.4. The van der Waals surface area contributed by atoms with E-state index in [2.05, 4.69) is 4.90 Å². The quantitative estimate of drug-likeness (QED) is 0.410. The number of benzene rings is 2. The van der Waals surface area contributed by atoms with Gasteiger partial charge in [-0.15, -0.1) is 0 Å². The van der Waals surface area contributed by atoms with Crippen LogP contribution in [0, 0.1) is 5.82 Å². The maximum Gasteiger partial charge on any atom is 0.416 e. The summed E-state index contributed by atoms with van der Waals surface area (Å²) in [5, 5.41) is 0. The first-order valence-electron chi connectivity index (χ1n) is 14.0. The van der Waals surface area contributed by atoms with Gasteiger partial charge in [0.05, 0.1) is 23.3 Å². The molecule has 3 saturated heterocycles. The van der Waals surface area contributed by atoms with Crippen molar-refractivity contribution in [2.75, 3.05) is 19.6 Å². The molecule has 3 aliphatic heterocycles. The Hall–Kier alpha value is -2.70. The number of piperidine rings is 2. The van der Waals surface area contributed by atoms with Crippen LogP contribution < -0.4 is 5.73 Å². The normalized spacial score (nSPS) is 27.7. The molecular formula is C30H34F7N3O2. The molecule has 5 atom stereocenters. The molecule has 3 unspecified atom stereocenters. The third kappa shape index (κ3) is 6.45. The molecule has 0 bridgehead atoms. The van der Waals surface area contributed by atoms with Crippen LogP contribution in [-0.2, 0) is 21.9 Å². The molecule has 230 valence electrons. The Kier molecular flexibility index (Phi) is 8.12. The highest BCUT2D eigenvalue weighted by molar-refractivity contribution is 5.79. The van der Waals surface area contributed by atoms with E-state index in [1.54, 1.807) is 17.0 Å². The second kappa shape index (κ2) is 11.1. The largest absolute Gasteiger partial charge is 0.416 e. The number of fused-ring (bicyclic) bond motifs is 1. The average Bonchev–Trinajstić information content (AvgIpc) is 3.26. The first kappa shape index (κ1) is 30.7. The molecule has 0 saturated carbocycles. The molecule has 5 rings (SSSR count). The summed E-state index contributed by atoms with van der Waals surface area (Å²) in [6.45, 7) is 5.01. The topological polar surface area (TPSA) is 58.8 Å². The van der Waals surface area contributed by atoms with Gasteiger partial charge < -0.3 is 15.4 Å². The van der Waals surface area contributed by atoms with Crippen molar-refractivity contribution in [1.29, 1.82) is 0 Å². The van der Waals surface area contributed by atoms with Crippen molar-refractivity contribution in [3.8, 4) is 0 Å². The van der Waals surface area contributed by atoms with Gasteiger partial charge in [-0.05, 0) is 74.6 Å². The summed E-state index contributed by atoms with van der Waals surface area (Å²) >= 11 is 0. The Bertz CT molecular complexity index is 1250. The van der Waals surface area contributed by atoms with Gasteiger partial charge in [0.15, 0.2) is 0 Å². The van der Waals surface area contributed by atoms with Gasteiger partial charge >= 0.3 is 12.4 Å². The van der Waals surface area contributed by atoms with Crippen LogP contribution in [0.3, 0.4) is 0 Å². The van der Waals surface area contributed by atoms with E-state index >= 15 is 0 Å². The lowest BCUT2D eigenvalue weighted by molar-refractivity contribution is -0.143. The SMILES string of the molecule is C[C@@H](O[C@H]1CN2C(=O)CC(N3CCC(C)(N)CC3)CC2C1c1ccc(F)cc1)c1cc(C(F)(F)F)cc(C(F)(F)F)c1. The maximum absolute atomic E-state index is 13.8. The molecule has 42 heavy (non-hydrogen) atoms. The highest BCUT2D eigenvalue weighted by Gasteiger charge is 2.50. The van der Waals surface area contributed by atoms with Crippen molar-refractivity contribution in [3.63, 3.8) is 0 Å². The number of nitrogens with zero attached hydrogens (tertiary/aromatic N) is 2. The van der Waals surface area contributed by atoms with Crippen molar-refractivity contribution in [2.24, 2.45) is 5.73 Å². The van der Waals surface area contributed by atoms with Gasteiger partial charge in [0.1, 0.15) is 5.82 Å². The zero-order valence-corrected chi connectivity index (χ0v) is 23.3. The van der Waals surface area contributed by atoms with Gasteiger partial charge in [0.2, 0.25) is 5.91 Å². The fraction of sp³-hybridized carbons (Fsp3) is 0.567. The zero-order valence-electron chi connectivity index (χ0n) is 23.3. The number of hydrogen-bond donors (Lipinski definition) is 1. The monoisotopic (exact) mass is 601 g/mol. The van der Waals surface area contributed by atoms with Crippen LogP contribution in [0.15, 0.2) is 42.5 Å². The molecule has 0 spiro atoms. The Morgan fingerprint density at radius 1 is 0.976 bits per heavy atom. The maximum atomic E-state index is 13.8. The fourth-order valence-electron chi connectivity index (χ4n) is 6.61. The smallest absolute Gasteiger partial charge is 0.368 e. The standard InChI is InChI=1S/C30H34F7N3O2/c1-17(19-11-20(29(32,33)34)13-21(12-19)30(35,36)37)42-25-16-40-24(27(25)18-3-5-22(31)6-4-18)14-23(15-26(40)41)39-9-7-28(2,38)8-10-39/h3-6,11-13,17,23-25,27H,7-10,14-16,38H2,1-2H3/t17-,23?,24?,25+,27?/m1/s1. The number of halogens is 7. The number of carbonyl (C=O) groups excluding carboxylic acids is 1. The third-order valence-corrected chi connectivity index (χ3v) is 9.01. The Morgan fingerprint density at radius 3 is 2.10 bits per heavy atom. The molecule has 12 heteroatoms. The Morgan fingerprint density at radius 2 is 1.55 bits per heavy atom. The fourth-order valence-corrected chi connectivity index (χ4v) is 6.61. The summed E-state index contributed by atoms with van der Waals surface area (Å²) < 4.78 is 101. The predicted octanol–water partition coefficient (Wildman–Crippen LogP) is 6.28. The summed E-state index contributed by atoms with van der Waals surface area (Å²) in [5.74, 6) is -1.02. The van der Waals surface area contributed by atoms with Crippen LogP contribution in [0.25, 0.3) is 0 Å².